The maximum Gasteiger partial charge on any atom is 0.313 e. The zero-order valence-corrected chi connectivity index (χ0v) is 12.4. The summed E-state index contributed by atoms with van der Waals surface area (Å²) >= 11 is 0. The highest BCUT2D eigenvalue weighted by molar-refractivity contribution is 6.39. The predicted octanol–water partition coefficient (Wildman–Crippen LogP) is 1.68. The lowest BCUT2D eigenvalue weighted by Crippen LogP contribution is -2.38. The summed E-state index contributed by atoms with van der Waals surface area (Å²) in [4.78, 5) is 23.2. The average molecular weight is 296 g/mol. The first-order valence-electron chi connectivity index (χ1n) is 6.73. The molecule has 0 saturated heterocycles. The second-order valence-electron chi connectivity index (χ2n) is 5.89. The van der Waals surface area contributed by atoms with Gasteiger partial charge in [-0.1, -0.05) is 26.8 Å². The van der Waals surface area contributed by atoms with Gasteiger partial charge in [0.15, 0.2) is 0 Å². The van der Waals surface area contributed by atoms with Crippen LogP contribution in [0.4, 0.5) is 10.1 Å². The van der Waals surface area contributed by atoms with Gasteiger partial charge in [0.25, 0.3) is 0 Å². The van der Waals surface area contributed by atoms with Gasteiger partial charge in [0.05, 0.1) is 6.10 Å². The highest BCUT2D eigenvalue weighted by Crippen LogP contribution is 2.20. The molecule has 1 atom stereocenters. The van der Waals surface area contributed by atoms with Crippen molar-refractivity contribution in [2.24, 2.45) is 5.41 Å². The summed E-state index contributed by atoms with van der Waals surface area (Å²) in [5.41, 5.74) is -0.0703. The molecule has 1 aromatic carbocycles. The second kappa shape index (κ2) is 7.17. The number of rotatable bonds is 4. The van der Waals surface area contributed by atoms with Crippen molar-refractivity contribution in [3.63, 3.8) is 0 Å². The molecule has 5 nitrogen and oxygen atoms in total. The van der Waals surface area contributed by atoms with E-state index in [1.165, 1.54) is 18.2 Å². The van der Waals surface area contributed by atoms with Gasteiger partial charge in [-0.3, -0.25) is 9.59 Å². The molecule has 0 aliphatic carbocycles. The maximum atomic E-state index is 12.9. The van der Waals surface area contributed by atoms with Gasteiger partial charge in [0.2, 0.25) is 0 Å². The van der Waals surface area contributed by atoms with Crippen molar-refractivity contribution in [2.45, 2.75) is 33.3 Å². The maximum absolute atomic E-state index is 12.9. The molecule has 0 aliphatic rings. The number of hydrogen-bond donors (Lipinski definition) is 3. The number of carbonyl (C=O) groups excluding carboxylic acids is 2. The molecule has 0 fully saturated rings. The van der Waals surface area contributed by atoms with Crippen LogP contribution >= 0.6 is 0 Å². The fraction of sp³-hybridized carbons (Fsp3) is 0.467. The molecule has 3 N–H and O–H groups in total. The number of nitrogens with one attached hydrogen (secondary N) is 2. The SMILES string of the molecule is CC(C)(C)[C@H](O)CCNC(=O)C(=O)Nc1cccc(F)c1. The Morgan fingerprint density at radius 3 is 2.52 bits per heavy atom. The van der Waals surface area contributed by atoms with Gasteiger partial charge < -0.3 is 15.7 Å². The minimum absolute atomic E-state index is 0.188. The van der Waals surface area contributed by atoms with E-state index in [-0.39, 0.29) is 17.6 Å². The smallest absolute Gasteiger partial charge is 0.313 e. The average Bonchev–Trinajstić information content (AvgIpc) is 2.37. The molecule has 0 saturated carbocycles. The second-order valence-corrected chi connectivity index (χ2v) is 5.89. The van der Waals surface area contributed by atoms with Crippen molar-refractivity contribution < 1.29 is 19.1 Å². The molecule has 21 heavy (non-hydrogen) atoms. The van der Waals surface area contributed by atoms with Crippen LogP contribution in [0.2, 0.25) is 0 Å². The van der Waals surface area contributed by atoms with Gasteiger partial charge in [-0.2, -0.15) is 0 Å². The Balaban J connectivity index is 2.40. The van der Waals surface area contributed by atoms with Crippen LogP contribution in [-0.2, 0) is 9.59 Å². The molecule has 0 radical (unpaired) electrons. The van der Waals surface area contributed by atoms with Crippen LogP contribution in [0.25, 0.3) is 0 Å². The number of amides is 2. The van der Waals surface area contributed by atoms with Gasteiger partial charge in [-0.15, -0.1) is 0 Å². The first kappa shape index (κ1) is 17.1. The van der Waals surface area contributed by atoms with Crippen molar-refractivity contribution in [2.75, 3.05) is 11.9 Å². The summed E-state index contributed by atoms with van der Waals surface area (Å²) in [5.74, 6) is -2.19. The molecule has 2 amide bonds. The zero-order valence-electron chi connectivity index (χ0n) is 12.4. The number of aliphatic hydroxyl groups is 1. The zero-order chi connectivity index (χ0) is 16.0. The van der Waals surface area contributed by atoms with Gasteiger partial charge in [-0.25, -0.2) is 4.39 Å². The highest BCUT2D eigenvalue weighted by Gasteiger charge is 2.22. The summed E-state index contributed by atoms with van der Waals surface area (Å²) in [6.45, 7) is 5.84. The van der Waals surface area contributed by atoms with E-state index in [1.54, 1.807) is 0 Å². The number of halogens is 1. The fourth-order valence-electron chi connectivity index (χ4n) is 1.59. The quantitative estimate of drug-likeness (QED) is 0.740. The minimum atomic E-state index is -0.870. The predicted molar refractivity (Wildman–Crippen MR) is 78.1 cm³/mol. The number of hydrogen-bond acceptors (Lipinski definition) is 3. The van der Waals surface area contributed by atoms with E-state index < -0.39 is 23.7 Å². The number of aliphatic hydroxyl groups excluding tert-OH is 1. The highest BCUT2D eigenvalue weighted by atomic mass is 19.1. The molecule has 0 aliphatic heterocycles. The Morgan fingerprint density at radius 2 is 1.95 bits per heavy atom. The van der Waals surface area contributed by atoms with Crippen LogP contribution in [0.3, 0.4) is 0 Å². The van der Waals surface area contributed by atoms with E-state index in [9.17, 15) is 19.1 Å². The Labute approximate surface area is 123 Å². The summed E-state index contributed by atoms with van der Waals surface area (Å²) in [5, 5.41) is 14.5. The van der Waals surface area contributed by atoms with Crippen LogP contribution in [0, 0.1) is 11.2 Å². The summed E-state index contributed by atoms with van der Waals surface area (Å²) in [7, 11) is 0. The largest absolute Gasteiger partial charge is 0.393 e. The Bertz CT molecular complexity index is 512. The monoisotopic (exact) mass is 296 g/mol. The Kier molecular flexibility index (Phi) is 5.84. The Morgan fingerprint density at radius 1 is 1.29 bits per heavy atom. The van der Waals surface area contributed by atoms with E-state index in [0.717, 1.165) is 6.07 Å². The molecule has 1 aromatic rings. The van der Waals surface area contributed by atoms with Crippen LogP contribution in [-0.4, -0.2) is 29.6 Å². The van der Waals surface area contributed by atoms with E-state index in [0.29, 0.717) is 6.42 Å². The molecule has 0 spiro atoms. The van der Waals surface area contributed by atoms with E-state index in [1.807, 2.05) is 20.8 Å². The lowest BCUT2D eigenvalue weighted by molar-refractivity contribution is -0.136. The first-order valence-corrected chi connectivity index (χ1v) is 6.73. The van der Waals surface area contributed by atoms with Crippen LogP contribution in [0.15, 0.2) is 24.3 Å². The lowest BCUT2D eigenvalue weighted by Gasteiger charge is -2.25. The molecule has 0 bridgehead atoms. The molecular weight excluding hydrogens is 275 g/mol. The molecular formula is C15H21FN2O3. The van der Waals surface area contributed by atoms with Gasteiger partial charge >= 0.3 is 11.8 Å². The van der Waals surface area contributed by atoms with Crippen molar-refractivity contribution in [3.8, 4) is 0 Å². The van der Waals surface area contributed by atoms with E-state index in [2.05, 4.69) is 10.6 Å². The number of anilines is 1. The molecule has 1 rings (SSSR count). The topological polar surface area (TPSA) is 78.4 Å². The third kappa shape index (κ3) is 5.91. The van der Waals surface area contributed by atoms with Gasteiger partial charge in [0, 0.05) is 12.2 Å². The Hall–Kier alpha value is -1.95. The van der Waals surface area contributed by atoms with E-state index >= 15 is 0 Å². The number of benzene rings is 1. The van der Waals surface area contributed by atoms with Crippen LogP contribution in [0.1, 0.15) is 27.2 Å². The minimum Gasteiger partial charge on any atom is -0.393 e. The van der Waals surface area contributed by atoms with Crippen molar-refractivity contribution in [1.82, 2.24) is 5.32 Å². The van der Waals surface area contributed by atoms with Crippen molar-refractivity contribution in [1.29, 1.82) is 0 Å². The standard InChI is InChI=1S/C15H21FN2O3/c1-15(2,3)12(19)7-8-17-13(20)14(21)18-11-6-4-5-10(16)9-11/h4-6,9,12,19H,7-8H2,1-3H3,(H,17,20)(H,18,21)/t12-/m1/s1. The van der Waals surface area contributed by atoms with Crippen LogP contribution in [0.5, 0.6) is 0 Å². The third-order valence-electron chi connectivity index (χ3n) is 2.99. The molecule has 0 unspecified atom stereocenters. The fourth-order valence-corrected chi connectivity index (χ4v) is 1.59. The van der Waals surface area contributed by atoms with Gasteiger partial charge in [0.1, 0.15) is 5.82 Å². The summed E-state index contributed by atoms with van der Waals surface area (Å²) in [6.07, 6.45) is -0.230. The first-order chi connectivity index (χ1) is 9.70. The number of carbonyl (C=O) groups is 2. The molecule has 116 valence electrons. The van der Waals surface area contributed by atoms with E-state index in [4.69, 9.17) is 0 Å². The normalized spacial score (nSPS) is 12.6. The van der Waals surface area contributed by atoms with Crippen molar-refractivity contribution in [3.05, 3.63) is 30.1 Å². The lowest BCUT2D eigenvalue weighted by atomic mass is 9.87. The molecule has 0 heterocycles. The third-order valence-corrected chi connectivity index (χ3v) is 2.99. The summed E-state index contributed by atoms with van der Waals surface area (Å²) < 4.78 is 12.9. The van der Waals surface area contributed by atoms with Crippen molar-refractivity contribution >= 4 is 17.5 Å². The molecule has 6 heteroatoms. The van der Waals surface area contributed by atoms with Crippen LogP contribution < -0.4 is 10.6 Å². The van der Waals surface area contributed by atoms with Gasteiger partial charge in [-0.05, 0) is 30.0 Å². The summed E-state index contributed by atoms with van der Waals surface area (Å²) in [6, 6.07) is 5.28. The molecule has 0 aromatic heterocycles.